The summed E-state index contributed by atoms with van der Waals surface area (Å²) in [6.07, 6.45) is 3.18. The fourth-order valence-corrected chi connectivity index (χ4v) is 5.85. The van der Waals surface area contributed by atoms with E-state index in [0.717, 1.165) is 62.5 Å². The van der Waals surface area contributed by atoms with Crippen molar-refractivity contribution in [2.45, 2.75) is 32.7 Å². The number of hydrogen-bond acceptors (Lipinski definition) is 6. The molecule has 3 saturated heterocycles. The van der Waals surface area contributed by atoms with E-state index in [4.69, 9.17) is 4.74 Å². The Morgan fingerprint density at radius 3 is 2.37 bits per heavy atom. The number of fused-ring (bicyclic) bond motifs is 1. The van der Waals surface area contributed by atoms with Gasteiger partial charge in [0.25, 0.3) is 5.91 Å². The molecule has 4 atom stereocenters. The molecule has 1 aromatic carbocycles. The maximum Gasteiger partial charge on any atom is 0.257 e. The average Bonchev–Trinajstić information content (AvgIpc) is 3.59. The number of amides is 2. The van der Waals surface area contributed by atoms with Crippen LogP contribution in [0, 0.1) is 31.6 Å². The van der Waals surface area contributed by atoms with Gasteiger partial charge in [-0.05, 0) is 44.1 Å². The maximum absolute atomic E-state index is 13.2. The average molecular weight is 478 g/mol. The number of aromatic nitrogens is 2. The van der Waals surface area contributed by atoms with Gasteiger partial charge in [-0.1, -0.05) is 30.3 Å². The van der Waals surface area contributed by atoms with E-state index in [9.17, 15) is 9.59 Å². The molecule has 3 aliphatic rings. The highest BCUT2D eigenvalue weighted by Crippen LogP contribution is 2.33. The molecule has 2 amide bonds. The summed E-state index contributed by atoms with van der Waals surface area (Å²) in [6, 6.07) is 10.2. The van der Waals surface area contributed by atoms with Crippen LogP contribution in [0.25, 0.3) is 0 Å². The molecule has 0 aliphatic carbocycles. The van der Waals surface area contributed by atoms with Crippen molar-refractivity contribution in [3.05, 3.63) is 59.2 Å². The van der Waals surface area contributed by atoms with Crippen LogP contribution in [0.1, 0.15) is 46.2 Å². The molecule has 2 aromatic rings. The highest BCUT2D eigenvalue weighted by Gasteiger charge is 2.42. The van der Waals surface area contributed by atoms with Crippen LogP contribution in [0.3, 0.4) is 0 Å². The third kappa shape index (κ3) is 5.23. The number of likely N-dealkylation sites (tertiary alicyclic amines) is 2. The number of nitrogens with zero attached hydrogens (tertiary/aromatic N) is 4. The summed E-state index contributed by atoms with van der Waals surface area (Å²) < 4.78 is 5.41. The van der Waals surface area contributed by atoms with Gasteiger partial charge in [0, 0.05) is 39.3 Å². The smallest absolute Gasteiger partial charge is 0.257 e. The van der Waals surface area contributed by atoms with Crippen molar-refractivity contribution in [1.29, 1.82) is 0 Å². The molecule has 0 spiro atoms. The summed E-state index contributed by atoms with van der Waals surface area (Å²) in [4.78, 5) is 38.9. The third-order valence-corrected chi connectivity index (χ3v) is 7.84. The topological polar surface area (TPSA) is 87.7 Å². The van der Waals surface area contributed by atoms with Gasteiger partial charge in [-0.3, -0.25) is 9.59 Å². The number of aryl methyl sites for hydroxylation is 2. The van der Waals surface area contributed by atoms with Gasteiger partial charge >= 0.3 is 0 Å². The predicted octanol–water partition coefficient (Wildman–Crippen LogP) is 2.38. The molecule has 5 rings (SSSR count). The number of hydrogen-bond donors (Lipinski definition) is 1. The fourth-order valence-electron chi connectivity index (χ4n) is 5.85. The minimum absolute atomic E-state index is 0.00755. The van der Waals surface area contributed by atoms with E-state index in [1.54, 1.807) is 0 Å². The summed E-state index contributed by atoms with van der Waals surface area (Å²) in [5, 5.41) is 3.29. The molecule has 35 heavy (non-hydrogen) atoms. The lowest BCUT2D eigenvalue weighted by Gasteiger charge is -2.25. The second kappa shape index (κ2) is 10.4. The van der Waals surface area contributed by atoms with Crippen LogP contribution in [0.2, 0.25) is 0 Å². The molecule has 3 aliphatic heterocycles. The van der Waals surface area contributed by atoms with Gasteiger partial charge in [-0.2, -0.15) is 0 Å². The molecule has 2 unspecified atom stereocenters. The van der Waals surface area contributed by atoms with E-state index in [-0.39, 0.29) is 23.8 Å². The maximum atomic E-state index is 13.2. The predicted molar refractivity (Wildman–Crippen MR) is 132 cm³/mol. The first-order valence-corrected chi connectivity index (χ1v) is 12.7. The number of benzene rings is 1. The molecule has 186 valence electrons. The first-order chi connectivity index (χ1) is 17.0. The molecular weight excluding hydrogens is 442 g/mol. The van der Waals surface area contributed by atoms with Crippen molar-refractivity contribution in [2.75, 3.05) is 45.9 Å². The van der Waals surface area contributed by atoms with Gasteiger partial charge in [0.05, 0.1) is 35.5 Å². The summed E-state index contributed by atoms with van der Waals surface area (Å²) in [7, 11) is 0. The van der Waals surface area contributed by atoms with Crippen LogP contribution in [0.5, 0.6) is 0 Å². The third-order valence-electron chi connectivity index (χ3n) is 7.84. The van der Waals surface area contributed by atoms with Crippen molar-refractivity contribution >= 4 is 11.8 Å². The molecule has 8 heteroatoms. The fraction of sp³-hybridized carbons (Fsp3) is 0.556. The monoisotopic (exact) mass is 477 g/mol. The molecule has 0 bridgehead atoms. The van der Waals surface area contributed by atoms with Crippen LogP contribution in [0.4, 0.5) is 0 Å². The Hall–Kier alpha value is -2.84. The summed E-state index contributed by atoms with van der Waals surface area (Å²) in [5.74, 6) is 1.09. The lowest BCUT2D eigenvalue weighted by Crippen LogP contribution is -2.37. The highest BCUT2D eigenvalue weighted by atomic mass is 16.5. The Labute approximate surface area is 207 Å². The van der Waals surface area contributed by atoms with E-state index in [2.05, 4.69) is 32.3 Å². The number of nitrogens with one attached hydrogen (secondary N) is 1. The van der Waals surface area contributed by atoms with Gasteiger partial charge in [0.2, 0.25) is 5.91 Å². The van der Waals surface area contributed by atoms with Gasteiger partial charge in [0.15, 0.2) is 0 Å². The SMILES string of the molecule is Cc1ncnc(C)c1C(=O)N1CC2CN(CC[C@H](NC(=O)[C@H]3CCOC3)c3ccccc3)CC2C1. The molecule has 4 heterocycles. The minimum atomic E-state index is -0.0434. The quantitative estimate of drug-likeness (QED) is 0.659. The van der Waals surface area contributed by atoms with Crippen LogP contribution >= 0.6 is 0 Å². The lowest BCUT2D eigenvalue weighted by molar-refractivity contribution is -0.125. The van der Waals surface area contributed by atoms with Gasteiger partial charge in [-0.15, -0.1) is 0 Å². The van der Waals surface area contributed by atoms with Crippen molar-refractivity contribution in [1.82, 2.24) is 25.1 Å². The van der Waals surface area contributed by atoms with Crippen molar-refractivity contribution in [3.8, 4) is 0 Å². The summed E-state index contributed by atoms with van der Waals surface area (Å²) >= 11 is 0. The molecule has 0 radical (unpaired) electrons. The largest absolute Gasteiger partial charge is 0.381 e. The van der Waals surface area contributed by atoms with E-state index in [1.165, 1.54) is 6.33 Å². The molecular formula is C27H35N5O3. The Bertz CT molecular complexity index is 1020. The Morgan fingerprint density at radius 2 is 1.74 bits per heavy atom. The molecule has 1 aromatic heterocycles. The van der Waals surface area contributed by atoms with Crippen LogP contribution in [-0.2, 0) is 9.53 Å². The molecule has 3 fully saturated rings. The van der Waals surface area contributed by atoms with Gasteiger partial charge in [0.1, 0.15) is 6.33 Å². The minimum Gasteiger partial charge on any atom is -0.381 e. The van der Waals surface area contributed by atoms with Crippen LogP contribution in [-0.4, -0.2) is 77.5 Å². The molecule has 8 nitrogen and oxygen atoms in total. The van der Waals surface area contributed by atoms with Crippen molar-refractivity contribution in [3.63, 3.8) is 0 Å². The van der Waals surface area contributed by atoms with Gasteiger partial charge in [-0.25, -0.2) is 9.97 Å². The zero-order chi connectivity index (χ0) is 24.4. The van der Waals surface area contributed by atoms with Crippen LogP contribution in [0.15, 0.2) is 36.7 Å². The van der Waals surface area contributed by atoms with E-state index in [1.807, 2.05) is 36.9 Å². The molecule has 1 N–H and O–H groups in total. The zero-order valence-corrected chi connectivity index (χ0v) is 20.7. The van der Waals surface area contributed by atoms with Crippen LogP contribution < -0.4 is 5.32 Å². The van der Waals surface area contributed by atoms with E-state index in [0.29, 0.717) is 30.6 Å². The number of carbonyl (C=O) groups is 2. The number of ether oxygens (including phenoxy) is 1. The number of carbonyl (C=O) groups excluding carboxylic acids is 2. The second-order valence-electron chi connectivity index (χ2n) is 10.2. The van der Waals surface area contributed by atoms with E-state index >= 15 is 0 Å². The lowest BCUT2D eigenvalue weighted by atomic mass is 10.0. The second-order valence-corrected chi connectivity index (χ2v) is 10.2. The van der Waals surface area contributed by atoms with E-state index < -0.39 is 0 Å². The zero-order valence-electron chi connectivity index (χ0n) is 20.7. The van der Waals surface area contributed by atoms with Gasteiger partial charge < -0.3 is 19.9 Å². The highest BCUT2D eigenvalue weighted by molar-refractivity contribution is 5.96. The molecule has 0 saturated carbocycles. The Morgan fingerprint density at radius 1 is 1.06 bits per heavy atom. The van der Waals surface area contributed by atoms with Crippen molar-refractivity contribution < 1.29 is 14.3 Å². The Kier molecular flexibility index (Phi) is 7.11. The number of rotatable bonds is 7. The Balaban J connectivity index is 1.17. The first-order valence-electron chi connectivity index (χ1n) is 12.7. The standard InChI is InChI=1S/C27H35N5O3/c1-18-25(19(2)29-17-28-18)27(34)32-14-22-12-31(13-23(22)15-32)10-8-24(20-6-4-3-5-7-20)30-26(33)21-9-11-35-16-21/h3-7,17,21-24H,8-16H2,1-2H3,(H,30,33)/t21-,22?,23?,24-/m0/s1. The van der Waals surface area contributed by atoms with Crippen molar-refractivity contribution in [2.24, 2.45) is 17.8 Å². The first kappa shape index (κ1) is 23.9. The summed E-state index contributed by atoms with van der Waals surface area (Å²) in [6.45, 7) is 9.42. The summed E-state index contributed by atoms with van der Waals surface area (Å²) in [5.41, 5.74) is 3.30. The normalized spacial score (nSPS) is 25.0.